The van der Waals surface area contributed by atoms with Crippen LogP contribution in [0.4, 0.5) is 0 Å². The van der Waals surface area contributed by atoms with Crippen LogP contribution >= 0.6 is 0 Å². The number of fused-ring (bicyclic) bond motifs is 1. The van der Waals surface area contributed by atoms with Gasteiger partial charge in [-0.1, -0.05) is 43.4 Å². The maximum atomic E-state index is 13.9. The monoisotopic (exact) mass is 612 g/mol. The van der Waals surface area contributed by atoms with Gasteiger partial charge in [0.25, 0.3) is 0 Å². The van der Waals surface area contributed by atoms with Crippen LogP contribution in [-0.2, 0) is 38.1 Å². The summed E-state index contributed by atoms with van der Waals surface area (Å²) in [5.74, 6) is -8.99. The predicted octanol–water partition coefficient (Wildman–Crippen LogP) is 2.88. The van der Waals surface area contributed by atoms with E-state index in [-0.39, 0.29) is 18.6 Å². The summed E-state index contributed by atoms with van der Waals surface area (Å²) in [7, 11) is 0. The van der Waals surface area contributed by atoms with Gasteiger partial charge in [0, 0.05) is 32.6 Å². The van der Waals surface area contributed by atoms with Crippen LogP contribution in [0.5, 0.6) is 0 Å². The van der Waals surface area contributed by atoms with E-state index in [9.17, 15) is 29.4 Å². The highest BCUT2D eigenvalue weighted by atomic mass is 16.7. The maximum absolute atomic E-state index is 13.9. The number of ether oxygens (including phenoxy) is 5. The van der Waals surface area contributed by atoms with Gasteiger partial charge in [0.15, 0.2) is 5.60 Å². The lowest BCUT2D eigenvalue weighted by Crippen LogP contribution is -2.77. The number of hydrogen-bond acceptors (Lipinski definition) is 11. The fourth-order valence-electron chi connectivity index (χ4n) is 8.62. The molecule has 2 N–H and O–H groups in total. The second kappa shape index (κ2) is 10.8. The molecule has 5 aliphatic rings. The second-order valence-corrected chi connectivity index (χ2v) is 12.9. The van der Waals surface area contributed by atoms with Gasteiger partial charge in [0.05, 0.1) is 23.5 Å². The summed E-state index contributed by atoms with van der Waals surface area (Å²) in [6.07, 6.45) is -0.357. The molecule has 4 fully saturated rings. The Bertz CT molecular complexity index is 1400. The topological polar surface area (TPSA) is 155 Å². The molecule has 1 aromatic rings. The molecule has 0 aromatic heterocycles. The number of aliphatic hydroxyl groups is 2. The van der Waals surface area contributed by atoms with Crippen molar-refractivity contribution in [3.63, 3.8) is 0 Å². The van der Waals surface area contributed by atoms with E-state index in [0.29, 0.717) is 5.57 Å². The molecule has 2 heterocycles. The molecule has 11 heteroatoms. The zero-order chi connectivity index (χ0) is 32.4. The van der Waals surface area contributed by atoms with Crippen LogP contribution in [0.1, 0.15) is 58.3 Å². The average molecular weight is 613 g/mol. The Morgan fingerprint density at radius 2 is 1.57 bits per heavy atom. The third kappa shape index (κ3) is 4.42. The molecule has 44 heavy (non-hydrogen) atoms. The highest BCUT2D eigenvalue weighted by molar-refractivity contribution is 5.89. The zero-order valence-electron chi connectivity index (χ0n) is 25.8. The van der Waals surface area contributed by atoms with Gasteiger partial charge >= 0.3 is 23.9 Å². The minimum Gasteiger partial charge on any atom is -0.462 e. The second-order valence-electron chi connectivity index (χ2n) is 12.9. The van der Waals surface area contributed by atoms with Gasteiger partial charge in [-0.2, -0.15) is 0 Å². The van der Waals surface area contributed by atoms with Crippen LogP contribution in [0, 0.1) is 29.1 Å². The molecule has 0 unspecified atom stereocenters. The van der Waals surface area contributed by atoms with E-state index in [1.54, 1.807) is 56.3 Å². The maximum Gasteiger partial charge on any atom is 0.338 e. The van der Waals surface area contributed by atoms with Gasteiger partial charge in [-0.25, -0.2) is 4.79 Å². The summed E-state index contributed by atoms with van der Waals surface area (Å²) in [6, 6.07) is 8.19. The van der Waals surface area contributed by atoms with E-state index in [0.717, 1.165) is 6.92 Å². The predicted molar refractivity (Wildman–Crippen MR) is 153 cm³/mol. The summed E-state index contributed by atoms with van der Waals surface area (Å²) >= 11 is 0. The van der Waals surface area contributed by atoms with Crippen molar-refractivity contribution in [2.45, 2.75) is 83.3 Å². The van der Waals surface area contributed by atoms with E-state index in [1.807, 2.05) is 0 Å². The first-order chi connectivity index (χ1) is 20.5. The van der Waals surface area contributed by atoms with E-state index >= 15 is 0 Å². The Kier molecular flexibility index (Phi) is 7.83. The standard InChI is InChI=1S/C33H40O11/c1-17(2)23-13-14-24(41-19(4)34)31-16-40-33(39,30(7,38)27(23)31)32(44-21(6)36)15-18(3)26(42-20(5)35)25(32)28(31)43-29(37)22-11-9-8-10-12-22/h8-14,18,23-28,38-39H,1,15-16H2,2-7H3/t18-,23+,24+,25+,26-,27-,28+,30-,31+,32+,33-/m1/s1. The molecule has 11 atom stereocenters. The molecule has 2 bridgehead atoms. The summed E-state index contributed by atoms with van der Waals surface area (Å²) in [5, 5.41) is 25.4. The van der Waals surface area contributed by atoms with Crippen molar-refractivity contribution in [3.05, 3.63) is 60.2 Å². The smallest absolute Gasteiger partial charge is 0.338 e. The van der Waals surface area contributed by atoms with E-state index in [1.165, 1.54) is 20.8 Å². The van der Waals surface area contributed by atoms with Gasteiger partial charge in [-0.3, -0.25) is 14.4 Å². The summed E-state index contributed by atoms with van der Waals surface area (Å²) in [6.45, 7) is 12.2. The lowest BCUT2D eigenvalue weighted by atomic mass is 9.52. The highest BCUT2D eigenvalue weighted by Gasteiger charge is 2.86. The summed E-state index contributed by atoms with van der Waals surface area (Å²) in [5.41, 5.74) is -5.09. The van der Waals surface area contributed by atoms with E-state index in [2.05, 4.69) is 6.58 Å². The van der Waals surface area contributed by atoms with Crippen LogP contribution < -0.4 is 0 Å². The molecule has 6 rings (SSSR count). The van der Waals surface area contributed by atoms with Gasteiger partial charge in [-0.15, -0.1) is 0 Å². The molecule has 1 spiro atoms. The van der Waals surface area contributed by atoms with Crippen molar-refractivity contribution < 1.29 is 53.1 Å². The van der Waals surface area contributed by atoms with E-state index in [4.69, 9.17) is 23.7 Å². The van der Waals surface area contributed by atoms with Gasteiger partial charge in [0.2, 0.25) is 5.79 Å². The van der Waals surface area contributed by atoms with Gasteiger partial charge in [0.1, 0.15) is 23.9 Å². The minimum absolute atomic E-state index is 0.118. The third-order valence-corrected chi connectivity index (χ3v) is 10.0. The summed E-state index contributed by atoms with van der Waals surface area (Å²) < 4.78 is 30.5. The molecule has 3 aliphatic carbocycles. The van der Waals surface area contributed by atoms with Gasteiger partial charge in [-0.05, 0) is 44.4 Å². The zero-order valence-corrected chi connectivity index (χ0v) is 25.8. The Hall–Kier alpha value is -3.54. The molecular weight excluding hydrogens is 572 g/mol. The number of benzene rings is 1. The first kappa shape index (κ1) is 31.9. The lowest BCUT2D eigenvalue weighted by molar-refractivity contribution is -0.411. The first-order valence-corrected chi connectivity index (χ1v) is 14.8. The molecule has 0 amide bonds. The van der Waals surface area contributed by atoms with Crippen LogP contribution in [-0.4, -0.2) is 76.0 Å². The fourth-order valence-corrected chi connectivity index (χ4v) is 8.62. The normalized spacial score (nSPS) is 41.9. The number of hydrogen-bond donors (Lipinski definition) is 2. The molecule has 11 nitrogen and oxygen atoms in total. The van der Waals surface area contributed by atoms with Crippen molar-refractivity contribution in [2.24, 2.45) is 29.1 Å². The van der Waals surface area contributed by atoms with Crippen LogP contribution in [0.25, 0.3) is 0 Å². The third-order valence-electron chi connectivity index (χ3n) is 10.0. The SMILES string of the molecule is C=C(C)[C@@H]1C=C[C@H](OC(C)=O)[C@]23CO[C@@](O)([C@]4(OC(C)=O)C[C@@H](C)[C@@H](OC(C)=O)[C@H]4[C@@H]2OC(=O)c2ccccc2)[C@](C)(O)[C@@H]13. The lowest BCUT2D eigenvalue weighted by Gasteiger charge is -2.62. The molecule has 2 aliphatic heterocycles. The average Bonchev–Trinajstić information content (AvgIpc) is 3.14. The Morgan fingerprint density at radius 3 is 2.14 bits per heavy atom. The fraction of sp³-hybridized carbons (Fsp3) is 0.576. The first-order valence-electron chi connectivity index (χ1n) is 14.8. The number of allylic oxidation sites excluding steroid dienone is 2. The minimum atomic E-state index is -2.60. The van der Waals surface area contributed by atoms with Crippen LogP contribution in [0.2, 0.25) is 0 Å². The quantitative estimate of drug-likeness (QED) is 0.277. The molecule has 0 radical (unpaired) electrons. The number of carbonyl (C=O) groups is 4. The van der Waals surface area contributed by atoms with Crippen molar-refractivity contribution in [1.82, 2.24) is 0 Å². The molecular formula is C33H40O11. The molecule has 238 valence electrons. The largest absolute Gasteiger partial charge is 0.462 e. The molecule has 2 saturated heterocycles. The molecule has 1 aromatic carbocycles. The Morgan fingerprint density at radius 1 is 0.932 bits per heavy atom. The Labute approximate surface area is 256 Å². The Balaban J connectivity index is 1.89. The number of rotatable bonds is 6. The number of carbonyl (C=O) groups excluding carboxylic acids is 4. The highest BCUT2D eigenvalue weighted by Crippen LogP contribution is 2.70. The van der Waals surface area contributed by atoms with Crippen molar-refractivity contribution in [3.8, 4) is 0 Å². The number of esters is 4. The molecule has 2 saturated carbocycles. The van der Waals surface area contributed by atoms with Crippen molar-refractivity contribution in [1.29, 1.82) is 0 Å². The van der Waals surface area contributed by atoms with Crippen LogP contribution in [0.3, 0.4) is 0 Å². The van der Waals surface area contributed by atoms with Gasteiger partial charge < -0.3 is 33.9 Å². The van der Waals surface area contributed by atoms with Crippen molar-refractivity contribution >= 4 is 23.9 Å². The summed E-state index contributed by atoms with van der Waals surface area (Å²) in [4.78, 5) is 51.9. The van der Waals surface area contributed by atoms with Crippen LogP contribution in [0.15, 0.2) is 54.6 Å². The van der Waals surface area contributed by atoms with Crippen molar-refractivity contribution in [2.75, 3.05) is 6.61 Å². The van der Waals surface area contributed by atoms with E-state index < -0.39 is 88.3 Å².